The van der Waals surface area contributed by atoms with Gasteiger partial charge in [-0.2, -0.15) is 0 Å². The van der Waals surface area contributed by atoms with Gasteiger partial charge in [0.2, 0.25) is 0 Å². The van der Waals surface area contributed by atoms with E-state index in [9.17, 15) is 15.0 Å². The number of benzene rings is 2. The molecule has 0 spiro atoms. The van der Waals surface area contributed by atoms with Gasteiger partial charge in [-0.05, 0) is 56.4 Å². The van der Waals surface area contributed by atoms with Crippen LogP contribution in [0, 0.1) is 0 Å². The van der Waals surface area contributed by atoms with Crippen molar-refractivity contribution in [2.75, 3.05) is 37.7 Å². The first kappa shape index (κ1) is 27.3. The highest BCUT2D eigenvalue weighted by Gasteiger charge is 2.44. The molecule has 2 amide bonds. The van der Waals surface area contributed by atoms with Crippen LogP contribution in [-0.2, 0) is 4.74 Å². The van der Waals surface area contributed by atoms with Crippen LogP contribution in [0.5, 0.6) is 11.5 Å². The van der Waals surface area contributed by atoms with Crippen LogP contribution >= 0.6 is 0 Å². The monoisotopic (exact) mass is 548 g/mol. The first-order valence-electron chi connectivity index (χ1n) is 12.9. The lowest BCUT2D eigenvalue weighted by atomic mass is 10.1. The minimum atomic E-state index is -1.17. The molecule has 0 radical (unpaired) electrons. The van der Waals surface area contributed by atoms with Gasteiger partial charge >= 0.3 is 6.03 Å². The van der Waals surface area contributed by atoms with Crippen LogP contribution in [0.2, 0.25) is 0 Å². The number of carbonyl (C=O) groups excluding carboxylic acids is 1. The number of aliphatic hydroxyl groups is 2. The molecule has 0 saturated carbocycles. The highest BCUT2D eigenvalue weighted by Crippen LogP contribution is 2.32. The second-order valence-corrected chi connectivity index (χ2v) is 9.57. The third-order valence-electron chi connectivity index (χ3n) is 6.58. The highest BCUT2D eigenvalue weighted by atomic mass is 16.6. The number of nitrogen functional groups attached to an aromatic ring is 1. The summed E-state index contributed by atoms with van der Waals surface area (Å²) in [5.41, 5.74) is 7.31. The topological polar surface area (TPSA) is 173 Å². The molecule has 13 heteroatoms. The van der Waals surface area contributed by atoms with Crippen LogP contribution in [0.3, 0.4) is 0 Å². The van der Waals surface area contributed by atoms with Crippen molar-refractivity contribution in [3.8, 4) is 11.5 Å². The molecule has 4 atom stereocenters. The predicted molar refractivity (Wildman–Crippen MR) is 148 cm³/mol. The van der Waals surface area contributed by atoms with Crippen molar-refractivity contribution in [3.05, 3.63) is 67.3 Å². The highest BCUT2D eigenvalue weighted by molar-refractivity contribution is 5.89. The molecule has 40 heavy (non-hydrogen) atoms. The van der Waals surface area contributed by atoms with Crippen LogP contribution < -0.4 is 21.1 Å². The lowest BCUT2D eigenvalue weighted by Gasteiger charge is -2.22. The van der Waals surface area contributed by atoms with Gasteiger partial charge in [0.25, 0.3) is 0 Å². The second-order valence-electron chi connectivity index (χ2n) is 9.57. The Morgan fingerprint density at radius 1 is 1.07 bits per heavy atom. The molecular formula is C27H32N8O5. The molecular weight excluding hydrogens is 516 g/mol. The van der Waals surface area contributed by atoms with E-state index in [1.807, 2.05) is 42.3 Å². The Kier molecular flexibility index (Phi) is 8.36. The molecule has 1 aliphatic heterocycles. The molecule has 5 rings (SSSR count). The molecule has 1 fully saturated rings. The number of nitrogens with zero attached hydrogens (tertiary/aromatic N) is 5. The summed E-state index contributed by atoms with van der Waals surface area (Å²) in [6.07, 6.45) is -0.320. The number of para-hydroxylation sites is 1. The minimum absolute atomic E-state index is 0.224. The van der Waals surface area contributed by atoms with Crippen molar-refractivity contribution in [2.45, 2.75) is 31.0 Å². The summed E-state index contributed by atoms with van der Waals surface area (Å²) < 4.78 is 13.3. The molecule has 1 aliphatic rings. The maximum absolute atomic E-state index is 12.3. The van der Waals surface area contributed by atoms with Gasteiger partial charge in [-0.25, -0.2) is 19.7 Å². The third kappa shape index (κ3) is 6.29. The van der Waals surface area contributed by atoms with Gasteiger partial charge in [0, 0.05) is 18.8 Å². The Morgan fingerprint density at radius 2 is 1.82 bits per heavy atom. The zero-order valence-electron chi connectivity index (χ0n) is 21.9. The summed E-state index contributed by atoms with van der Waals surface area (Å²) >= 11 is 0. The SMILES string of the molecule is CN(CCCNC(=O)Nc1ccc(Oc2ccccc2)cc1)CC1OC(n2cnc3c(N)ncnc32)C(O)C1O. The van der Waals surface area contributed by atoms with E-state index in [0.717, 1.165) is 5.75 Å². The number of urea groups is 1. The Bertz CT molecular complexity index is 1420. The zero-order chi connectivity index (χ0) is 28.1. The van der Waals surface area contributed by atoms with Crippen molar-refractivity contribution in [1.82, 2.24) is 29.7 Å². The molecule has 4 aromatic rings. The third-order valence-corrected chi connectivity index (χ3v) is 6.58. The molecule has 0 bridgehead atoms. The van der Waals surface area contributed by atoms with E-state index < -0.39 is 24.5 Å². The summed E-state index contributed by atoms with van der Waals surface area (Å²) in [6, 6.07) is 16.3. The maximum atomic E-state index is 12.3. The predicted octanol–water partition coefficient (Wildman–Crippen LogP) is 1.96. The number of likely N-dealkylation sites (N-methyl/N-ethyl adjacent to an activating group) is 1. The van der Waals surface area contributed by atoms with Gasteiger partial charge < -0.3 is 41.0 Å². The Balaban J connectivity index is 1.03. The fourth-order valence-corrected chi connectivity index (χ4v) is 4.52. The Morgan fingerprint density at radius 3 is 2.60 bits per heavy atom. The Labute approximate surface area is 230 Å². The van der Waals surface area contributed by atoms with Gasteiger partial charge in [-0.1, -0.05) is 18.2 Å². The summed E-state index contributed by atoms with van der Waals surface area (Å²) in [7, 11) is 1.88. The van der Waals surface area contributed by atoms with Crippen molar-refractivity contribution >= 4 is 28.7 Å². The van der Waals surface area contributed by atoms with Crippen molar-refractivity contribution in [1.29, 1.82) is 0 Å². The molecule has 2 aromatic heterocycles. The van der Waals surface area contributed by atoms with E-state index in [4.69, 9.17) is 15.2 Å². The van der Waals surface area contributed by atoms with Gasteiger partial charge in [0.1, 0.15) is 41.7 Å². The van der Waals surface area contributed by atoms with E-state index in [-0.39, 0.29) is 11.8 Å². The number of nitrogens with one attached hydrogen (secondary N) is 2. The number of aliphatic hydroxyl groups excluding tert-OH is 2. The van der Waals surface area contributed by atoms with Gasteiger partial charge in [-0.3, -0.25) is 4.57 Å². The van der Waals surface area contributed by atoms with Crippen LogP contribution in [0.15, 0.2) is 67.3 Å². The van der Waals surface area contributed by atoms with Gasteiger partial charge in [0.05, 0.1) is 6.33 Å². The first-order valence-corrected chi connectivity index (χ1v) is 12.9. The fourth-order valence-electron chi connectivity index (χ4n) is 4.52. The minimum Gasteiger partial charge on any atom is -0.457 e. The normalized spacial score (nSPS) is 20.6. The van der Waals surface area contributed by atoms with Gasteiger partial charge in [0.15, 0.2) is 17.7 Å². The van der Waals surface area contributed by atoms with E-state index in [1.165, 1.54) is 12.7 Å². The molecule has 13 nitrogen and oxygen atoms in total. The quantitative estimate of drug-likeness (QED) is 0.184. The zero-order valence-corrected chi connectivity index (χ0v) is 21.9. The number of ether oxygens (including phenoxy) is 2. The molecule has 4 unspecified atom stereocenters. The molecule has 1 saturated heterocycles. The van der Waals surface area contributed by atoms with E-state index in [1.54, 1.807) is 28.8 Å². The number of amides is 2. The molecule has 2 aromatic carbocycles. The number of imidazole rings is 1. The van der Waals surface area contributed by atoms with Gasteiger partial charge in [-0.15, -0.1) is 0 Å². The lowest BCUT2D eigenvalue weighted by Crippen LogP contribution is -2.39. The molecule has 3 heterocycles. The number of carbonyl (C=O) groups is 1. The summed E-state index contributed by atoms with van der Waals surface area (Å²) in [5.74, 6) is 1.64. The maximum Gasteiger partial charge on any atom is 0.319 e. The molecule has 6 N–H and O–H groups in total. The fraction of sp³-hybridized carbons (Fsp3) is 0.333. The first-order chi connectivity index (χ1) is 19.4. The number of fused-ring (bicyclic) bond motifs is 1. The van der Waals surface area contributed by atoms with Crippen molar-refractivity contribution in [2.24, 2.45) is 0 Å². The number of aromatic nitrogens is 4. The van der Waals surface area contributed by atoms with Crippen LogP contribution in [0.25, 0.3) is 11.2 Å². The second kappa shape index (κ2) is 12.3. The smallest absolute Gasteiger partial charge is 0.319 e. The summed E-state index contributed by atoms with van der Waals surface area (Å²) in [5, 5.41) is 26.9. The largest absolute Gasteiger partial charge is 0.457 e. The van der Waals surface area contributed by atoms with Crippen LogP contribution in [0.4, 0.5) is 16.3 Å². The van der Waals surface area contributed by atoms with Crippen LogP contribution in [-0.4, -0.2) is 85.7 Å². The summed E-state index contributed by atoms with van der Waals surface area (Å²) in [6.45, 7) is 1.46. The number of anilines is 2. The average molecular weight is 549 g/mol. The van der Waals surface area contributed by atoms with Crippen molar-refractivity contribution < 1.29 is 24.5 Å². The average Bonchev–Trinajstić information content (AvgIpc) is 3.50. The van der Waals surface area contributed by atoms with Crippen molar-refractivity contribution in [3.63, 3.8) is 0 Å². The van der Waals surface area contributed by atoms with E-state index in [0.29, 0.717) is 48.7 Å². The molecule has 0 aliphatic carbocycles. The lowest BCUT2D eigenvalue weighted by molar-refractivity contribution is -0.0421. The summed E-state index contributed by atoms with van der Waals surface area (Å²) in [4.78, 5) is 26.6. The number of rotatable bonds is 10. The molecule has 210 valence electrons. The van der Waals surface area contributed by atoms with Crippen LogP contribution in [0.1, 0.15) is 12.6 Å². The Hall–Kier alpha value is -4.30. The van der Waals surface area contributed by atoms with E-state index in [2.05, 4.69) is 25.6 Å². The number of hydrogen-bond acceptors (Lipinski definition) is 10. The van der Waals surface area contributed by atoms with E-state index >= 15 is 0 Å². The number of hydrogen-bond donors (Lipinski definition) is 5. The standard InChI is InChI=1S/C27H32N8O5/c1-34(14-20-22(36)23(37)26(40-20)35-16-32-21-24(28)30-15-31-25(21)35)13-5-12-29-27(38)33-17-8-10-19(11-9-17)39-18-6-3-2-4-7-18/h2-4,6-11,15-16,20,22-23,26,36-37H,5,12-14H2,1H3,(H2,28,30,31)(H2,29,33,38). The number of nitrogens with two attached hydrogens (primary N) is 1.